The molecule has 2 aromatic carbocycles. The second kappa shape index (κ2) is 6.43. The second-order valence-corrected chi connectivity index (χ2v) is 8.43. The van der Waals surface area contributed by atoms with Crippen molar-refractivity contribution in [2.75, 3.05) is 5.73 Å². The van der Waals surface area contributed by atoms with Crippen LogP contribution < -0.4 is 16.6 Å². The van der Waals surface area contributed by atoms with Crippen molar-refractivity contribution in [3.63, 3.8) is 0 Å². The summed E-state index contributed by atoms with van der Waals surface area (Å²) in [7, 11) is 2.55. The molecular weight excluding hydrogens is 386 g/mol. The Morgan fingerprint density at radius 3 is 2.66 bits per heavy atom. The van der Waals surface area contributed by atoms with Gasteiger partial charge in [0.05, 0.1) is 10.9 Å². The Kier molecular flexibility index (Phi) is 4.08. The summed E-state index contributed by atoms with van der Waals surface area (Å²) < 4.78 is 22.7. The molecule has 1 aliphatic carbocycles. The van der Waals surface area contributed by atoms with Crippen molar-refractivity contribution in [3.8, 4) is 11.1 Å². The Morgan fingerprint density at radius 2 is 1.97 bits per heavy atom. The molecule has 4 nitrogen and oxygen atoms in total. The summed E-state index contributed by atoms with van der Waals surface area (Å²) in [5, 5.41) is 2.27. The van der Waals surface area contributed by atoms with Crippen LogP contribution in [0.15, 0.2) is 39.5 Å². The maximum absolute atomic E-state index is 14.8. The number of nitrogens with two attached hydrogens (primary N) is 1. The molecule has 148 valence electrons. The van der Waals surface area contributed by atoms with E-state index in [4.69, 9.17) is 10.2 Å². The number of hydrogen-bond acceptors (Lipinski definition) is 3. The lowest BCUT2D eigenvalue weighted by molar-refractivity contribution is 0.559. The third kappa shape index (κ3) is 2.71. The van der Waals surface area contributed by atoms with Gasteiger partial charge in [0.2, 0.25) is 0 Å². The van der Waals surface area contributed by atoms with Crippen molar-refractivity contribution in [3.05, 3.63) is 57.8 Å². The molecule has 0 amide bonds. The van der Waals surface area contributed by atoms with Gasteiger partial charge in [-0.15, -0.1) is 9.24 Å². The minimum Gasteiger partial charge on any atom is -0.460 e. The maximum atomic E-state index is 14.8. The van der Waals surface area contributed by atoms with Gasteiger partial charge in [0, 0.05) is 29.1 Å². The number of nitrogen functional groups attached to an aromatic ring is 1. The molecule has 6 heteroatoms. The van der Waals surface area contributed by atoms with Gasteiger partial charge in [0.25, 0.3) is 5.56 Å². The van der Waals surface area contributed by atoms with Gasteiger partial charge < -0.3 is 14.7 Å². The van der Waals surface area contributed by atoms with Crippen molar-refractivity contribution in [1.82, 2.24) is 4.57 Å². The topological polar surface area (TPSA) is 61.2 Å². The van der Waals surface area contributed by atoms with Crippen molar-refractivity contribution in [2.45, 2.75) is 39.2 Å². The molecule has 0 saturated heterocycles. The van der Waals surface area contributed by atoms with Crippen LogP contribution in [0.2, 0.25) is 0 Å². The van der Waals surface area contributed by atoms with Gasteiger partial charge >= 0.3 is 0 Å². The average molecular weight is 408 g/mol. The van der Waals surface area contributed by atoms with Crippen molar-refractivity contribution in [2.24, 2.45) is 0 Å². The molecule has 2 aromatic heterocycles. The van der Waals surface area contributed by atoms with E-state index in [1.54, 1.807) is 6.07 Å². The zero-order valence-corrected chi connectivity index (χ0v) is 17.5. The summed E-state index contributed by atoms with van der Waals surface area (Å²) >= 11 is 0. The smallest absolute Gasteiger partial charge is 0.262 e. The number of aromatic nitrogens is 1. The standard InChI is InChI=1S/C23H22FN2O2P/c1-3-13-8-17-22(28-13)15-7-6-14(16-9-20(29)19(25)10-18(16)24)11(2)21(15)26(23(17)27)12-4-5-12/h6-10,12H,3-5,25,29H2,1-2H3. The van der Waals surface area contributed by atoms with E-state index in [9.17, 15) is 9.18 Å². The van der Waals surface area contributed by atoms with E-state index < -0.39 is 0 Å². The molecule has 1 unspecified atom stereocenters. The molecule has 1 aliphatic rings. The predicted octanol–water partition coefficient (Wildman–Crippen LogP) is 4.84. The largest absolute Gasteiger partial charge is 0.460 e. The summed E-state index contributed by atoms with van der Waals surface area (Å²) in [6.07, 6.45) is 2.69. The van der Waals surface area contributed by atoms with Crippen LogP contribution >= 0.6 is 9.24 Å². The average Bonchev–Trinajstić information content (AvgIpc) is 3.43. The molecule has 0 spiro atoms. The van der Waals surface area contributed by atoms with Crippen LogP contribution in [-0.2, 0) is 6.42 Å². The predicted molar refractivity (Wildman–Crippen MR) is 120 cm³/mol. The first kappa shape index (κ1) is 18.4. The fourth-order valence-corrected chi connectivity index (χ4v) is 4.44. The van der Waals surface area contributed by atoms with Crippen LogP contribution in [0.5, 0.6) is 0 Å². The Bertz CT molecular complexity index is 1370. The maximum Gasteiger partial charge on any atom is 0.262 e. The first-order valence-corrected chi connectivity index (χ1v) is 10.4. The fourth-order valence-electron chi connectivity index (χ4n) is 4.19. The number of halogens is 1. The SMILES string of the molecule is CCc1cc2c(=O)n(C3CC3)c3c(C)c(-c4cc(P)c(N)cc4F)ccc3c2o1. The van der Waals surface area contributed by atoms with Crippen LogP contribution in [0.3, 0.4) is 0 Å². The lowest BCUT2D eigenvalue weighted by Gasteiger charge is -2.16. The van der Waals surface area contributed by atoms with E-state index in [1.807, 2.05) is 36.6 Å². The quantitative estimate of drug-likeness (QED) is 0.390. The fraction of sp³-hybridized carbons (Fsp3) is 0.261. The number of furan rings is 1. The molecule has 1 atom stereocenters. The number of rotatable bonds is 3. The molecule has 4 aromatic rings. The highest BCUT2D eigenvalue weighted by Crippen LogP contribution is 2.41. The highest BCUT2D eigenvalue weighted by molar-refractivity contribution is 7.28. The molecule has 0 radical (unpaired) electrons. The number of aryl methyl sites for hydroxylation is 2. The third-order valence-electron chi connectivity index (χ3n) is 5.87. The third-order valence-corrected chi connectivity index (χ3v) is 6.37. The highest BCUT2D eigenvalue weighted by Gasteiger charge is 2.29. The molecule has 2 heterocycles. The summed E-state index contributed by atoms with van der Waals surface area (Å²) in [4.78, 5) is 13.3. The summed E-state index contributed by atoms with van der Waals surface area (Å²) in [6.45, 7) is 3.96. The Morgan fingerprint density at radius 1 is 1.21 bits per heavy atom. The lowest BCUT2D eigenvalue weighted by Crippen LogP contribution is -2.20. The normalized spacial score (nSPS) is 14.2. The van der Waals surface area contributed by atoms with E-state index in [-0.39, 0.29) is 17.4 Å². The number of hydrogen-bond donors (Lipinski definition) is 1. The highest BCUT2D eigenvalue weighted by atomic mass is 31.0. The summed E-state index contributed by atoms with van der Waals surface area (Å²) in [5.74, 6) is 0.426. The first-order valence-electron chi connectivity index (χ1n) is 9.85. The zero-order valence-electron chi connectivity index (χ0n) is 16.4. The summed E-state index contributed by atoms with van der Waals surface area (Å²) in [5.41, 5.74) is 9.79. The second-order valence-electron chi connectivity index (χ2n) is 7.81. The van der Waals surface area contributed by atoms with E-state index in [2.05, 4.69) is 9.24 Å². The Hall–Kier alpha value is -2.65. The van der Waals surface area contributed by atoms with E-state index in [0.29, 0.717) is 22.2 Å². The Labute approximate surface area is 169 Å². The van der Waals surface area contributed by atoms with Gasteiger partial charge in [0.15, 0.2) is 0 Å². The van der Waals surface area contributed by atoms with E-state index in [1.165, 1.54) is 6.07 Å². The van der Waals surface area contributed by atoms with Crippen LogP contribution in [0.4, 0.5) is 10.1 Å². The number of fused-ring (bicyclic) bond motifs is 3. The molecule has 2 N–H and O–H groups in total. The monoisotopic (exact) mass is 408 g/mol. The van der Waals surface area contributed by atoms with Gasteiger partial charge in [-0.3, -0.25) is 4.79 Å². The van der Waals surface area contributed by atoms with Gasteiger partial charge in [-0.1, -0.05) is 13.0 Å². The van der Waals surface area contributed by atoms with Crippen LogP contribution in [-0.4, -0.2) is 4.57 Å². The van der Waals surface area contributed by atoms with Crippen molar-refractivity contribution in [1.29, 1.82) is 0 Å². The van der Waals surface area contributed by atoms with Gasteiger partial charge in [0.1, 0.15) is 17.2 Å². The van der Waals surface area contributed by atoms with Gasteiger partial charge in [-0.25, -0.2) is 4.39 Å². The van der Waals surface area contributed by atoms with E-state index in [0.717, 1.165) is 52.4 Å². The van der Waals surface area contributed by atoms with Crippen molar-refractivity contribution >= 4 is 42.1 Å². The minimum atomic E-state index is -0.371. The molecule has 0 aliphatic heterocycles. The molecule has 0 bridgehead atoms. The molecule has 1 saturated carbocycles. The summed E-state index contributed by atoms with van der Waals surface area (Å²) in [6, 6.07) is 8.99. The number of pyridine rings is 1. The number of benzene rings is 2. The number of nitrogens with zero attached hydrogens (tertiary/aromatic N) is 1. The minimum absolute atomic E-state index is 0.0248. The zero-order chi connectivity index (χ0) is 20.4. The number of anilines is 1. The van der Waals surface area contributed by atoms with Crippen LogP contribution in [0, 0.1) is 12.7 Å². The lowest BCUT2D eigenvalue weighted by atomic mass is 9.96. The first-order chi connectivity index (χ1) is 13.9. The van der Waals surface area contributed by atoms with E-state index >= 15 is 0 Å². The molecule has 1 fully saturated rings. The van der Waals surface area contributed by atoms with Crippen LogP contribution in [0.25, 0.3) is 33.0 Å². The van der Waals surface area contributed by atoms with Gasteiger partial charge in [-0.2, -0.15) is 0 Å². The Balaban J connectivity index is 1.90. The molecule has 29 heavy (non-hydrogen) atoms. The van der Waals surface area contributed by atoms with Gasteiger partial charge in [-0.05, 0) is 60.5 Å². The van der Waals surface area contributed by atoms with Crippen LogP contribution in [0.1, 0.15) is 37.1 Å². The van der Waals surface area contributed by atoms with Crippen molar-refractivity contribution < 1.29 is 8.81 Å². The molecular formula is C23H22FN2O2P. The molecule has 5 rings (SSSR count).